The van der Waals surface area contributed by atoms with Gasteiger partial charge in [-0.1, -0.05) is 24.3 Å². The Kier molecular flexibility index (Phi) is 2.33. The Bertz CT molecular complexity index is 803. The van der Waals surface area contributed by atoms with Crippen molar-refractivity contribution in [2.45, 2.75) is 25.7 Å². The summed E-state index contributed by atoms with van der Waals surface area (Å²) in [5.74, 6) is 1.99. The lowest BCUT2D eigenvalue weighted by Gasteiger charge is -2.10. The molecule has 100 valence electrons. The normalized spacial score (nSPS) is 17.6. The molecule has 4 heteroatoms. The second-order valence-electron chi connectivity index (χ2n) is 5.38. The van der Waals surface area contributed by atoms with Gasteiger partial charge in [0.1, 0.15) is 17.2 Å². The minimum Gasteiger partial charge on any atom is -0.382 e. The maximum Gasteiger partial charge on any atom is 0.149 e. The van der Waals surface area contributed by atoms with Gasteiger partial charge in [-0.05, 0) is 30.9 Å². The van der Waals surface area contributed by atoms with Crippen LogP contribution in [0.15, 0.2) is 36.7 Å². The van der Waals surface area contributed by atoms with Crippen molar-refractivity contribution in [3.8, 4) is 0 Å². The smallest absolute Gasteiger partial charge is 0.149 e. The Balaban J connectivity index is 1.95. The first-order valence-electron chi connectivity index (χ1n) is 6.92. The van der Waals surface area contributed by atoms with Gasteiger partial charge < -0.3 is 5.73 Å². The van der Waals surface area contributed by atoms with Crippen LogP contribution >= 0.6 is 0 Å². The number of hydrogen-bond donors (Lipinski definition) is 1. The van der Waals surface area contributed by atoms with Crippen molar-refractivity contribution in [2.24, 2.45) is 0 Å². The molecule has 1 aliphatic rings. The van der Waals surface area contributed by atoms with Gasteiger partial charge in [-0.3, -0.25) is 4.40 Å². The van der Waals surface area contributed by atoms with Crippen molar-refractivity contribution in [3.05, 3.63) is 59.3 Å². The predicted molar refractivity (Wildman–Crippen MR) is 78.7 cm³/mol. The van der Waals surface area contributed by atoms with Crippen molar-refractivity contribution < 1.29 is 0 Å². The van der Waals surface area contributed by atoms with Crippen LogP contribution in [-0.2, 0) is 6.42 Å². The second kappa shape index (κ2) is 4.07. The summed E-state index contributed by atoms with van der Waals surface area (Å²) in [7, 11) is 0. The highest BCUT2D eigenvalue weighted by Gasteiger charge is 2.27. The van der Waals surface area contributed by atoms with Gasteiger partial charge in [0.15, 0.2) is 0 Å². The molecule has 4 rings (SSSR count). The summed E-state index contributed by atoms with van der Waals surface area (Å²) in [5.41, 5.74) is 10.7. The van der Waals surface area contributed by atoms with E-state index in [1.54, 1.807) is 6.20 Å². The quantitative estimate of drug-likeness (QED) is 0.735. The highest BCUT2D eigenvalue weighted by atomic mass is 15.1. The van der Waals surface area contributed by atoms with Crippen LogP contribution in [0.1, 0.15) is 35.0 Å². The molecule has 0 saturated carbocycles. The average molecular weight is 264 g/mol. The molecule has 0 fully saturated rings. The second-order valence-corrected chi connectivity index (χ2v) is 5.38. The van der Waals surface area contributed by atoms with E-state index in [2.05, 4.69) is 33.7 Å². The van der Waals surface area contributed by atoms with E-state index in [-0.39, 0.29) is 0 Å². The zero-order chi connectivity index (χ0) is 13.7. The molecule has 1 unspecified atom stereocenters. The third-order valence-corrected chi connectivity index (χ3v) is 4.23. The molecule has 0 radical (unpaired) electrons. The Hall–Kier alpha value is -2.36. The third-order valence-electron chi connectivity index (χ3n) is 4.23. The van der Waals surface area contributed by atoms with Gasteiger partial charge in [-0.15, -0.1) is 0 Å². The largest absolute Gasteiger partial charge is 0.382 e. The predicted octanol–water partition coefficient (Wildman–Crippen LogP) is 2.70. The molecule has 2 heterocycles. The first kappa shape index (κ1) is 11.5. The van der Waals surface area contributed by atoms with Crippen molar-refractivity contribution in [1.82, 2.24) is 14.4 Å². The van der Waals surface area contributed by atoms with E-state index in [4.69, 9.17) is 10.7 Å². The topological polar surface area (TPSA) is 56.2 Å². The number of rotatable bonds is 1. The summed E-state index contributed by atoms with van der Waals surface area (Å²) in [6, 6.07) is 8.65. The zero-order valence-electron chi connectivity index (χ0n) is 11.4. The van der Waals surface area contributed by atoms with Crippen LogP contribution in [0.4, 0.5) is 5.82 Å². The highest BCUT2D eigenvalue weighted by molar-refractivity contribution is 5.69. The van der Waals surface area contributed by atoms with Crippen LogP contribution in [0.25, 0.3) is 5.52 Å². The SMILES string of the molecule is Cc1nc(C2CCc3ccccc32)n2ccnc(N)c12. The van der Waals surface area contributed by atoms with E-state index in [0.29, 0.717) is 11.7 Å². The number of aryl methyl sites for hydroxylation is 2. The van der Waals surface area contributed by atoms with Crippen molar-refractivity contribution in [2.75, 3.05) is 5.73 Å². The lowest BCUT2D eigenvalue weighted by Crippen LogP contribution is -2.04. The molecule has 3 aromatic rings. The van der Waals surface area contributed by atoms with Crippen molar-refractivity contribution >= 4 is 11.3 Å². The van der Waals surface area contributed by atoms with E-state index in [1.165, 1.54) is 11.1 Å². The average Bonchev–Trinajstić information content (AvgIpc) is 3.01. The van der Waals surface area contributed by atoms with Crippen LogP contribution in [-0.4, -0.2) is 14.4 Å². The first-order valence-corrected chi connectivity index (χ1v) is 6.92. The molecule has 2 N–H and O–H groups in total. The number of imidazole rings is 1. The maximum atomic E-state index is 5.99. The molecule has 1 aliphatic carbocycles. The number of anilines is 1. The van der Waals surface area contributed by atoms with Crippen LogP contribution in [0.2, 0.25) is 0 Å². The third kappa shape index (κ3) is 1.48. The number of nitrogen functional groups attached to an aromatic ring is 1. The molecule has 20 heavy (non-hydrogen) atoms. The Morgan fingerprint density at radius 3 is 3.05 bits per heavy atom. The minimum absolute atomic E-state index is 0.356. The van der Waals surface area contributed by atoms with Gasteiger partial charge >= 0.3 is 0 Å². The van der Waals surface area contributed by atoms with Crippen LogP contribution in [0, 0.1) is 6.92 Å². The molecule has 0 spiro atoms. The van der Waals surface area contributed by atoms with Crippen molar-refractivity contribution in [1.29, 1.82) is 0 Å². The summed E-state index contributed by atoms with van der Waals surface area (Å²) in [6.07, 6.45) is 5.94. The lowest BCUT2D eigenvalue weighted by molar-refractivity contribution is 0.723. The monoisotopic (exact) mass is 264 g/mol. The molecule has 1 atom stereocenters. The van der Waals surface area contributed by atoms with E-state index < -0.39 is 0 Å². The fraction of sp³-hybridized carbons (Fsp3) is 0.250. The van der Waals surface area contributed by atoms with E-state index in [9.17, 15) is 0 Å². The molecular formula is C16H16N4. The first-order chi connectivity index (χ1) is 9.75. The summed E-state index contributed by atoms with van der Waals surface area (Å²) >= 11 is 0. The molecule has 0 aliphatic heterocycles. The lowest BCUT2D eigenvalue weighted by atomic mass is 10.0. The highest BCUT2D eigenvalue weighted by Crippen LogP contribution is 2.38. The Morgan fingerprint density at radius 2 is 2.15 bits per heavy atom. The number of nitrogens with zero attached hydrogens (tertiary/aromatic N) is 3. The Labute approximate surface area is 117 Å². The summed E-state index contributed by atoms with van der Waals surface area (Å²) in [4.78, 5) is 8.94. The van der Waals surface area contributed by atoms with Crippen LogP contribution in [0.5, 0.6) is 0 Å². The number of hydrogen-bond acceptors (Lipinski definition) is 3. The zero-order valence-corrected chi connectivity index (χ0v) is 11.4. The molecule has 0 amide bonds. The molecule has 0 bridgehead atoms. The van der Waals surface area contributed by atoms with Crippen molar-refractivity contribution in [3.63, 3.8) is 0 Å². The number of nitrogens with two attached hydrogens (primary N) is 1. The van der Waals surface area contributed by atoms with Gasteiger partial charge in [0.05, 0.1) is 5.69 Å². The fourth-order valence-electron chi connectivity index (χ4n) is 3.34. The van der Waals surface area contributed by atoms with Crippen LogP contribution in [0.3, 0.4) is 0 Å². The molecule has 2 aromatic heterocycles. The molecular weight excluding hydrogens is 248 g/mol. The summed E-state index contributed by atoms with van der Waals surface area (Å²) < 4.78 is 2.10. The van der Waals surface area contributed by atoms with Crippen LogP contribution < -0.4 is 5.73 Å². The van der Waals surface area contributed by atoms with Gasteiger partial charge in [0, 0.05) is 18.3 Å². The molecule has 0 saturated heterocycles. The maximum absolute atomic E-state index is 5.99. The van der Waals surface area contributed by atoms with Gasteiger partial charge in [-0.2, -0.15) is 0 Å². The number of aromatic nitrogens is 3. The van der Waals surface area contributed by atoms with Gasteiger partial charge in [-0.25, -0.2) is 9.97 Å². The minimum atomic E-state index is 0.356. The summed E-state index contributed by atoms with van der Waals surface area (Å²) in [6.45, 7) is 2.00. The number of benzene rings is 1. The summed E-state index contributed by atoms with van der Waals surface area (Å²) in [5, 5.41) is 0. The van der Waals surface area contributed by atoms with Gasteiger partial charge in [0.2, 0.25) is 0 Å². The molecule has 1 aromatic carbocycles. The standard InChI is InChI=1S/C16H16N4/c1-10-14-15(17)18-8-9-20(14)16(19-10)13-7-6-11-4-2-3-5-12(11)13/h2-5,8-9,13H,6-7H2,1H3,(H2,17,18). The number of fused-ring (bicyclic) bond motifs is 2. The Morgan fingerprint density at radius 1 is 1.30 bits per heavy atom. The van der Waals surface area contributed by atoms with E-state index >= 15 is 0 Å². The fourth-order valence-corrected chi connectivity index (χ4v) is 3.34. The van der Waals surface area contributed by atoms with Gasteiger partial charge in [0.25, 0.3) is 0 Å². The van der Waals surface area contributed by atoms with E-state index in [0.717, 1.165) is 29.9 Å². The van der Waals surface area contributed by atoms with E-state index in [1.807, 2.05) is 13.1 Å². The molecule has 4 nitrogen and oxygen atoms in total.